The molecule has 2 aliphatic rings. The van der Waals surface area contributed by atoms with Crippen LogP contribution in [-0.2, 0) is 22.7 Å². The average molecular weight is 707 g/mol. The van der Waals surface area contributed by atoms with E-state index in [1.807, 2.05) is 13.8 Å². The summed E-state index contributed by atoms with van der Waals surface area (Å²) in [6, 6.07) is 7.07. The summed E-state index contributed by atoms with van der Waals surface area (Å²) in [5.41, 5.74) is 4.19. The van der Waals surface area contributed by atoms with Crippen LogP contribution in [0.5, 0.6) is 0 Å². The molecule has 2 saturated heterocycles. The summed E-state index contributed by atoms with van der Waals surface area (Å²) in [6.45, 7) is 5.57. The van der Waals surface area contributed by atoms with Crippen molar-refractivity contribution in [2.75, 3.05) is 44.2 Å². The Morgan fingerprint density at radius 3 is 2.44 bits per heavy atom. The third kappa shape index (κ3) is 8.02. The van der Waals surface area contributed by atoms with E-state index >= 15 is 0 Å². The standard InChI is InChI=1S/C31H37ClFN9O5.ClH/c1-18(2)25(34)28(45)35-8-9-39-10-11-41(30(39)47)23-14-36-26-22(38-23)12-21(27(44)37-13-19-4-6-20(32)7-5-19)29(46)42(26)15-24(43)40-16-31(3,33)17-40;/h4-7,12,14,18,25H,8-11,13,15-17,34H2,1-3H3,(H,35,45)(H,37,44);1H/t25-;/m0./s1. The van der Waals surface area contributed by atoms with E-state index in [0.29, 0.717) is 11.6 Å². The molecule has 4 N–H and O–H groups in total. The van der Waals surface area contributed by atoms with Gasteiger partial charge in [0.1, 0.15) is 23.3 Å². The Bertz CT molecular complexity index is 1760. The van der Waals surface area contributed by atoms with Crippen LogP contribution in [0.4, 0.5) is 15.0 Å². The van der Waals surface area contributed by atoms with E-state index < -0.39 is 35.6 Å². The second kappa shape index (κ2) is 14.8. The number of pyridine rings is 1. The molecular weight excluding hydrogens is 668 g/mol. The lowest BCUT2D eigenvalue weighted by atomic mass is 9.99. The predicted octanol–water partition coefficient (Wildman–Crippen LogP) is 1.71. The molecule has 48 heavy (non-hydrogen) atoms. The van der Waals surface area contributed by atoms with Gasteiger partial charge >= 0.3 is 6.03 Å². The first-order valence-corrected chi connectivity index (χ1v) is 15.6. The highest BCUT2D eigenvalue weighted by Gasteiger charge is 2.41. The summed E-state index contributed by atoms with van der Waals surface area (Å²) in [6.07, 6.45) is 1.32. The minimum atomic E-state index is -1.51. The number of nitrogens with two attached hydrogens (primary N) is 1. The van der Waals surface area contributed by atoms with Crippen molar-refractivity contribution < 1.29 is 23.6 Å². The molecule has 17 heteroatoms. The molecule has 0 spiro atoms. The van der Waals surface area contributed by atoms with Crippen molar-refractivity contribution in [3.8, 4) is 0 Å². The number of nitrogens with one attached hydrogen (secondary N) is 2. The largest absolute Gasteiger partial charge is 0.353 e. The summed E-state index contributed by atoms with van der Waals surface area (Å²) in [5, 5.41) is 5.98. The Labute approximate surface area is 287 Å². The summed E-state index contributed by atoms with van der Waals surface area (Å²) in [5.74, 6) is -1.37. The van der Waals surface area contributed by atoms with Crippen LogP contribution in [-0.4, -0.2) is 99.1 Å². The molecule has 3 aromatic rings. The fraction of sp³-hybridized carbons (Fsp3) is 0.452. The maximum absolute atomic E-state index is 14.1. The first-order valence-electron chi connectivity index (χ1n) is 15.2. The summed E-state index contributed by atoms with van der Waals surface area (Å²) < 4.78 is 15.2. The number of hydrogen-bond donors (Lipinski definition) is 3. The van der Waals surface area contributed by atoms with E-state index in [9.17, 15) is 28.4 Å². The van der Waals surface area contributed by atoms with E-state index in [2.05, 4.69) is 20.6 Å². The number of fused-ring (bicyclic) bond motifs is 1. The second-order valence-corrected chi connectivity index (χ2v) is 12.8. The number of rotatable bonds is 11. The number of alkyl halides is 1. The minimum absolute atomic E-state index is 0. The van der Waals surface area contributed by atoms with Gasteiger partial charge in [-0.2, -0.15) is 0 Å². The molecule has 0 saturated carbocycles. The highest BCUT2D eigenvalue weighted by molar-refractivity contribution is 6.30. The van der Waals surface area contributed by atoms with Crippen LogP contribution in [0.25, 0.3) is 11.2 Å². The molecule has 0 radical (unpaired) electrons. The van der Waals surface area contributed by atoms with Crippen LogP contribution in [0.15, 0.2) is 41.3 Å². The molecule has 258 valence electrons. The van der Waals surface area contributed by atoms with Gasteiger partial charge in [-0.25, -0.2) is 19.2 Å². The monoisotopic (exact) mass is 705 g/mol. The molecule has 2 aromatic heterocycles. The Balaban J connectivity index is 0.00000520. The van der Waals surface area contributed by atoms with Gasteiger partial charge in [0.25, 0.3) is 11.5 Å². The van der Waals surface area contributed by atoms with Crippen LogP contribution in [0.3, 0.4) is 0 Å². The first-order chi connectivity index (χ1) is 22.2. The zero-order chi connectivity index (χ0) is 34.0. The van der Waals surface area contributed by atoms with Gasteiger partial charge in [-0.3, -0.25) is 28.6 Å². The molecule has 0 aliphatic carbocycles. The van der Waals surface area contributed by atoms with Crippen molar-refractivity contribution in [3.63, 3.8) is 0 Å². The SMILES string of the molecule is CC(C)[C@H](N)C(=O)NCCN1CCN(c2cnc3c(cc(C(=O)NCc4ccc(Cl)cc4)c(=O)n3CC(=O)N3CC(C)(F)C3)n2)C1=O.Cl. The fourth-order valence-electron chi connectivity index (χ4n) is 5.35. The maximum atomic E-state index is 14.1. The number of carbonyl (C=O) groups is 4. The zero-order valence-corrected chi connectivity index (χ0v) is 28.3. The third-order valence-corrected chi connectivity index (χ3v) is 8.40. The smallest absolute Gasteiger partial charge is 0.325 e. The molecule has 2 aliphatic heterocycles. The van der Waals surface area contributed by atoms with Gasteiger partial charge in [0.15, 0.2) is 11.5 Å². The molecule has 1 aromatic carbocycles. The van der Waals surface area contributed by atoms with Crippen molar-refractivity contribution in [1.29, 1.82) is 0 Å². The lowest BCUT2D eigenvalue weighted by Crippen LogP contribution is -2.60. The van der Waals surface area contributed by atoms with E-state index in [1.165, 1.54) is 29.0 Å². The highest BCUT2D eigenvalue weighted by atomic mass is 35.5. The summed E-state index contributed by atoms with van der Waals surface area (Å²) >= 11 is 5.95. The molecule has 0 bridgehead atoms. The quantitative estimate of drug-likeness (QED) is 0.270. The maximum Gasteiger partial charge on any atom is 0.325 e. The topological polar surface area (TPSA) is 176 Å². The molecule has 2 fully saturated rings. The van der Waals surface area contributed by atoms with Gasteiger partial charge in [0.2, 0.25) is 11.8 Å². The molecule has 5 rings (SSSR count). The van der Waals surface area contributed by atoms with E-state index in [-0.39, 0.29) is 92.1 Å². The first kappa shape index (κ1) is 36.5. The van der Waals surface area contributed by atoms with Crippen molar-refractivity contribution in [1.82, 2.24) is 35.0 Å². The van der Waals surface area contributed by atoms with Crippen LogP contribution in [0.1, 0.15) is 36.7 Å². The number of hydrogen-bond acceptors (Lipinski definition) is 8. The number of urea groups is 1. The number of aromatic nitrogens is 3. The van der Waals surface area contributed by atoms with Crippen LogP contribution in [0.2, 0.25) is 5.02 Å². The number of likely N-dealkylation sites (tertiary alicyclic amines) is 1. The Kier molecular flexibility index (Phi) is 11.3. The molecular formula is C31H38Cl2FN9O5. The van der Waals surface area contributed by atoms with E-state index in [4.69, 9.17) is 17.3 Å². The number of halogens is 3. The second-order valence-electron chi connectivity index (χ2n) is 12.3. The van der Waals surface area contributed by atoms with Crippen LogP contribution < -0.4 is 26.8 Å². The average Bonchev–Trinajstić information content (AvgIpc) is 3.39. The highest BCUT2D eigenvalue weighted by Crippen LogP contribution is 2.25. The summed E-state index contributed by atoms with van der Waals surface area (Å²) in [4.78, 5) is 78.5. The molecule has 1 atom stereocenters. The lowest BCUT2D eigenvalue weighted by Gasteiger charge is -2.42. The van der Waals surface area contributed by atoms with E-state index in [1.54, 1.807) is 29.2 Å². The minimum Gasteiger partial charge on any atom is -0.353 e. The van der Waals surface area contributed by atoms with Crippen molar-refractivity contribution >= 4 is 64.7 Å². The van der Waals surface area contributed by atoms with Gasteiger partial charge in [0.05, 0.1) is 25.3 Å². The van der Waals surface area contributed by atoms with Crippen molar-refractivity contribution in [2.45, 2.75) is 45.6 Å². The zero-order valence-electron chi connectivity index (χ0n) is 26.7. The predicted molar refractivity (Wildman–Crippen MR) is 180 cm³/mol. The molecule has 4 heterocycles. The fourth-order valence-corrected chi connectivity index (χ4v) is 5.48. The lowest BCUT2D eigenvalue weighted by molar-refractivity contribution is -0.144. The molecule has 0 unspecified atom stereocenters. The van der Waals surface area contributed by atoms with Crippen LogP contribution in [0, 0.1) is 5.92 Å². The van der Waals surface area contributed by atoms with Gasteiger partial charge < -0.3 is 26.2 Å². The molecule has 14 nitrogen and oxygen atoms in total. The molecule has 5 amide bonds. The number of carbonyl (C=O) groups excluding carboxylic acids is 4. The number of nitrogens with zero attached hydrogens (tertiary/aromatic N) is 6. The van der Waals surface area contributed by atoms with Crippen LogP contribution >= 0.6 is 24.0 Å². The Morgan fingerprint density at radius 1 is 1.10 bits per heavy atom. The van der Waals surface area contributed by atoms with Gasteiger partial charge in [-0.1, -0.05) is 37.6 Å². The van der Waals surface area contributed by atoms with Gasteiger partial charge in [0, 0.05) is 37.7 Å². The van der Waals surface area contributed by atoms with Crippen molar-refractivity contribution in [3.05, 3.63) is 63.0 Å². The Hall–Kier alpha value is -4.34. The number of anilines is 1. The van der Waals surface area contributed by atoms with E-state index in [0.717, 1.165) is 10.1 Å². The summed E-state index contributed by atoms with van der Waals surface area (Å²) in [7, 11) is 0. The Morgan fingerprint density at radius 2 is 1.79 bits per heavy atom. The third-order valence-electron chi connectivity index (χ3n) is 8.15. The number of benzene rings is 1. The van der Waals surface area contributed by atoms with Gasteiger partial charge in [-0.05, 0) is 36.6 Å². The normalized spacial score (nSPS) is 16.1. The number of amides is 5. The van der Waals surface area contributed by atoms with Crippen molar-refractivity contribution in [2.24, 2.45) is 11.7 Å². The van der Waals surface area contributed by atoms with Gasteiger partial charge in [-0.15, -0.1) is 12.4 Å².